The SMILES string of the molecule is Cc1ccc(F)cc1C(=O)Cc1c(Cl)cccc1Cl. The summed E-state index contributed by atoms with van der Waals surface area (Å²) in [5.74, 6) is -0.633. The predicted octanol–water partition coefficient (Wildman–Crippen LogP) is 4.87. The lowest BCUT2D eigenvalue weighted by Gasteiger charge is -2.08. The molecule has 0 fully saturated rings. The Morgan fingerprint density at radius 1 is 1.16 bits per heavy atom. The van der Waals surface area contributed by atoms with E-state index in [0.29, 0.717) is 21.2 Å². The maximum atomic E-state index is 13.2. The fraction of sp³-hybridized carbons (Fsp3) is 0.133. The van der Waals surface area contributed by atoms with Gasteiger partial charge in [-0.25, -0.2) is 4.39 Å². The van der Waals surface area contributed by atoms with E-state index in [1.807, 2.05) is 0 Å². The maximum absolute atomic E-state index is 13.2. The zero-order valence-corrected chi connectivity index (χ0v) is 11.7. The third kappa shape index (κ3) is 3.14. The lowest BCUT2D eigenvalue weighted by molar-refractivity contribution is 0.0992. The molecule has 0 heterocycles. The smallest absolute Gasteiger partial charge is 0.167 e. The molecule has 0 aromatic heterocycles. The molecule has 0 radical (unpaired) electrons. The summed E-state index contributed by atoms with van der Waals surface area (Å²) < 4.78 is 13.2. The van der Waals surface area contributed by atoms with Crippen molar-refractivity contribution in [1.82, 2.24) is 0 Å². The van der Waals surface area contributed by atoms with Gasteiger partial charge < -0.3 is 0 Å². The fourth-order valence-corrected chi connectivity index (χ4v) is 2.38. The second-order valence-corrected chi connectivity index (χ2v) is 5.07. The van der Waals surface area contributed by atoms with E-state index in [1.54, 1.807) is 31.2 Å². The van der Waals surface area contributed by atoms with Crippen molar-refractivity contribution in [3.8, 4) is 0 Å². The molecule has 0 spiro atoms. The minimum absolute atomic E-state index is 0.0583. The van der Waals surface area contributed by atoms with E-state index < -0.39 is 5.82 Å². The molecule has 4 heteroatoms. The number of ketones is 1. The van der Waals surface area contributed by atoms with Gasteiger partial charge >= 0.3 is 0 Å². The van der Waals surface area contributed by atoms with Crippen molar-refractivity contribution in [2.75, 3.05) is 0 Å². The monoisotopic (exact) mass is 296 g/mol. The normalized spacial score (nSPS) is 10.5. The zero-order valence-electron chi connectivity index (χ0n) is 10.2. The van der Waals surface area contributed by atoms with Crippen LogP contribution in [-0.2, 0) is 6.42 Å². The number of carbonyl (C=O) groups is 1. The van der Waals surface area contributed by atoms with Gasteiger partial charge in [-0.05, 0) is 42.3 Å². The van der Waals surface area contributed by atoms with Gasteiger partial charge in [-0.15, -0.1) is 0 Å². The molecule has 2 aromatic rings. The summed E-state index contributed by atoms with van der Waals surface area (Å²) in [6.07, 6.45) is 0.0583. The second-order valence-electron chi connectivity index (χ2n) is 4.26. The van der Waals surface area contributed by atoms with Gasteiger partial charge in [-0.2, -0.15) is 0 Å². The third-order valence-corrected chi connectivity index (χ3v) is 3.61. The lowest BCUT2D eigenvalue weighted by Crippen LogP contribution is -2.07. The van der Waals surface area contributed by atoms with Crippen molar-refractivity contribution in [3.63, 3.8) is 0 Å². The van der Waals surface area contributed by atoms with Gasteiger partial charge in [-0.1, -0.05) is 35.3 Å². The van der Waals surface area contributed by atoms with E-state index in [2.05, 4.69) is 0 Å². The van der Waals surface area contributed by atoms with Crippen LogP contribution in [0.25, 0.3) is 0 Å². The topological polar surface area (TPSA) is 17.1 Å². The first-order valence-corrected chi connectivity index (χ1v) is 6.47. The van der Waals surface area contributed by atoms with Crippen LogP contribution in [0.15, 0.2) is 36.4 Å². The molecule has 0 saturated carbocycles. The highest BCUT2D eigenvalue weighted by molar-refractivity contribution is 6.36. The minimum atomic E-state index is -0.431. The van der Waals surface area contributed by atoms with Crippen LogP contribution in [-0.4, -0.2) is 5.78 Å². The first kappa shape index (κ1) is 14.0. The molecule has 0 aliphatic rings. The van der Waals surface area contributed by atoms with Crippen molar-refractivity contribution in [2.24, 2.45) is 0 Å². The third-order valence-electron chi connectivity index (χ3n) is 2.90. The number of carbonyl (C=O) groups excluding carboxylic acids is 1. The van der Waals surface area contributed by atoms with E-state index in [9.17, 15) is 9.18 Å². The number of hydrogen-bond donors (Lipinski definition) is 0. The van der Waals surface area contributed by atoms with Crippen LogP contribution in [0.3, 0.4) is 0 Å². The molecule has 2 aromatic carbocycles. The van der Waals surface area contributed by atoms with Crippen LogP contribution in [0.2, 0.25) is 10.0 Å². The van der Waals surface area contributed by atoms with Crippen LogP contribution in [0, 0.1) is 12.7 Å². The summed E-state index contributed by atoms with van der Waals surface area (Å²) in [4.78, 5) is 12.2. The molecule has 1 nitrogen and oxygen atoms in total. The molecule has 0 bridgehead atoms. The van der Waals surface area contributed by atoms with Crippen LogP contribution >= 0.6 is 23.2 Å². The zero-order chi connectivity index (χ0) is 14.0. The van der Waals surface area contributed by atoms with Crippen molar-refractivity contribution in [2.45, 2.75) is 13.3 Å². The molecule has 98 valence electrons. The Labute approximate surface area is 121 Å². The first-order valence-electron chi connectivity index (χ1n) is 5.71. The van der Waals surface area contributed by atoms with Gasteiger partial charge in [0.2, 0.25) is 0 Å². The largest absolute Gasteiger partial charge is 0.294 e. The average molecular weight is 297 g/mol. The van der Waals surface area contributed by atoms with Crippen LogP contribution in [0.5, 0.6) is 0 Å². The fourth-order valence-electron chi connectivity index (χ4n) is 1.85. The van der Waals surface area contributed by atoms with Crippen LogP contribution in [0.1, 0.15) is 21.5 Å². The number of aryl methyl sites for hydroxylation is 1. The number of halogens is 3. The standard InChI is InChI=1S/C15H11Cl2FO/c1-9-5-6-10(18)7-11(9)15(19)8-12-13(16)3-2-4-14(12)17/h2-7H,8H2,1H3. The molecule has 0 saturated heterocycles. The Kier molecular flexibility index (Phi) is 4.23. The Morgan fingerprint density at radius 3 is 2.42 bits per heavy atom. The van der Waals surface area contributed by atoms with Gasteiger partial charge in [0, 0.05) is 22.0 Å². The number of hydrogen-bond acceptors (Lipinski definition) is 1. The van der Waals surface area contributed by atoms with Crippen LogP contribution < -0.4 is 0 Å². The highest BCUT2D eigenvalue weighted by atomic mass is 35.5. The quantitative estimate of drug-likeness (QED) is 0.739. The minimum Gasteiger partial charge on any atom is -0.294 e. The molecule has 2 rings (SSSR count). The van der Waals surface area contributed by atoms with E-state index >= 15 is 0 Å². The molecule has 0 aliphatic heterocycles. The van der Waals surface area contributed by atoms with Gasteiger partial charge in [-0.3, -0.25) is 4.79 Å². The highest BCUT2D eigenvalue weighted by Gasteiger charge is 2.15. The average Bonchev–Trinajstić information content (AvgIpc) is 2.37. The molecule has 0 unspecified atom stereocenters. The molecular weight excluding hydrogens is 286 g/mol. The molecule has 0 amide bonds. The van der Waals surface area contributed by atoms with E-state index in [0.717, 1.165) is 5.56 Å². The summed E-state index contributed by atoms with van der Waals surface area (Å²) >= 11 is 12.0. The summed E-state index contributed by atoms with van der Waals surface area (Å²) in [6, 6.07) is 9.21. The summed E-state index contributed by atoms with van der Waals surface area (Å²) in [5.41, 5.74) is 1.66. The second kappa shape index (κ2) is 5.72. The van der Waals surface area contributed by atoms with Gasteiger partial charge in [0.1, 0.15) is 5.82 Å². The van der Waals surface area contributed by atoms with Crippen molar-refractivity contribution >= 4 is 29.0 Å². The van der Waals surface area contributed by atoms with Gasteiger partial charge in [0.25, 0.3) is 0 Å². The lowest BCUT2D eigenvalue weighted by atomic mass is 9.99. The summed E-state index contributed by atoms with van der Waals surface area (Å²) in [5, 5.41) is 0.879. The predicted molar refractivity (Wildman–Crippen MR) is 75.6 cm³/mol. The Hall–Kier alpha value is -1.38. The van der Waals surface area contributed by atoms with E-state index in [4.69, 9.17) is 23.2 Å². The Morgan fingerprint density at radius 2 is 1.79 bits per heavy atom. The molecular formula is C15H11Cl2FO. The maximum Gasteiger partial charge on any atom is 0.167 e. The number of benzene rings is 2. The summed E-state index contributed by atoms with van der Waals surface area (Å²) in [6.45, 7) is 1.76. The molecule has 0 aliphatic carbocycles. The Bertz CT molecular complexity index is 618. The Balaban J connectivity index is 2.34. The molecule has 0 atom stereocenters. The highest BCUT2D eigenvalue weighted by Crippen LogP contribution is 2.26. The summed E-state index contributed by atoms with van der Waals surface area (Å²) in [7, 11) is 0. The molecule has 0 N–H and O–H groups in total. The van der Waals surface area contributed by atoms with Gasteiger partial charge in [0.15, 0.2) is 5.78 Å². The van der Waals surface area contributed by atoms with Crippen LogP contribution in [0.4, 0.5) is 4.39 Å². The van der Waals surface area contributed by atoms with E-state index in [-0.39, 0.29) is 12.2 Å². The van der Waals surface area contributed by atoms with Crippen molar-refractivity contribution < 1.29 is 9.18 Å². The number of rotatable bonds is 3. The van der Waals surface area contributed by atoms with Crippen molar-refractivity contribution in [1.29, 1.82) is 0 Å². The van der Waals surface area contributed by atoms with Gasteiger partial charge in [0.05, 0.1) is 0 Å². The molecule has 19 heavy (non-hydrogen) atoms. The van der Waals surface area contributed by atoms with Crippen molar-refractivity contribution in [3.05, 3.63) is 69.0 Å². The first-order chi connectivity index (χ1) is 8.99. The number of Topliss-reactive ketones (excluding diaryl/α,β-unsaturated/α-hetero) is 1. The van der Waals surface area contributed by atoms with E-state index in [1.165, 1.54) is 12.1 Å².